The number of rotatable bonds is 5. The molecule has 2 aromatic rings. The molecule has 1 heterocycles. The van der Waals surface area contributed by atoms with Gasteiger partial charge in [0.2, 0.25) is 0 Å². The number of nitrogens with zero attached hydrogens (tertiary/aromatic N) is 1. The number of carbonyl (C=O) groups is 1. The van der Waals surface area contributed by atoms with E-state index in [1.54, 1.807) is 25.4 Å². The number of hydrogen-bond donors (Lipinski definition) is 2. The number of ether oxygens (including phenoxy) is 1. The fourth-order valence-corrected chi connectivity index (χ4v) is 1.89. The minimum atomic E-state index is -0.971. The summed E-state index contributed by atoms with van der Waals surface area (Å²) in [5.41, 5.74) is 1.71. The van der Waals surface area contributed by atoms with Crippen LogP contribution in [0.25, 0.3) is 0 Å². The highest BCUT2D eigenvalue weighted by molar-refractivity contribution is 5.89. The third-order valence-electron chi connectivity index (χ3n) is 2.95. The van der Waals surface area contributed by atoms with Crippen LogP contribution in [0.15, 0.2) is 42.6 Å². The fraction of sp³-hybridized carbons (Fsp3) is 0.200. The van der Waals surface area contributed by atoms with Crippen molar-refractivity contribution < 1.29 is 14.6 Å². The number of carboxylic acids is 1. The van der Waals surface area contributed by atoms with E-state index in [9.17, 15) is 4.79 Å². The van der Waals surface area contributed by atoms with Gasteiger partial charge in [0, 0.05) is 6.20 Å². The van der Waals surface area contributed by atoms with Crippen LogP contribution in [0.4, 0.5) is 5.69 Å². The summed E-state index contributed by atoms with van der Waals surface area (Å²) in [5, 5.41) is 12.3. The van der Waals surface area contributed by atoms with Crippen LogP contribution >= 0.6 is 0 Å². The van der Waals surface area contributed by atoms with Crippen molar-refractivity contribution in [3.05, 3.63) is 53.9 Å². The molecule has 1 aromatic carbocycles. The van der Waals surface area contributed by atoms with Gasteiger partial charge in [0.1, 0.15) is 5.75 Å². The second-order valence-corrected chi connectivity index (χ2v) is 4.34. The van der Waals surface area contributed by atoms with Crippen LogP contribution < -0.4 is 10.1 Å². The van der Waals surface area contributed by atoms with Gasteiger partial charge in [-0.05, 0) is 37.3 Å². The number of anilines is 1. The zero-order chi connectivity index (χ0) is 14.5. The van der Waals surface area contributed by atoms with Crippen molar-refractivity contribution >= 4 is 11.7 Å². The smallest absolute Gasteiger partial charge is 0.335 e. The molecule has 0 aliphatic rings. The quantitative estimate of drug-likeness (QED) is 0.875. The second kappa shape index (κ2) is 6.06. The summed E-state index contributed by atoms with van der Waals surface area (Å²) < 4.78 is 5.24. The van der Waals surface area contributed by atoms with Gasteiger partial charge in [-0.3, -0.25) is 4.98 Å². The average molecular weight is 272 g/mol. The van der Waals surface area contributed by atoms with E-state index in [-0.39, 0.29) is 11.6 Å². The van der Waals surface area contributed by atoms with Gasteiger partial charge in [-0.15, -0.1) is 0 Å². The zero-order valence-electron chi connectivity index (χ0n) is 11.3. The molecule has 0 radical (unpaired) electrons. The van der Waals surface area contributed by atoms with Gasteiger partial charge in [-0.25, -0.2) is 4.79 Å². The van der Waals surface area contributed by atoms with Crippen LogP contribution in [-0.4, -0.2) is 23.2 Å². The first-order valence-electron chi connectivity index (χ1n) is 6.20. The van der Waals surface area contributed by atoms with Gasteiger partial charge in [0.15, 0.2) is 0 Å². The Morgan fingerprint density at radius 2 is 2.15 bits per heavy atom. The number of methoxy groups -OCH3 is 1. The van der Waals surface area contributed by atoms with Gasteiger partial charge >= 0.3 is 5.97 Å². The van der Waals surface area contributed by atoms with E-state index in [1.807, 2.05) is 25.1 Å². The lowest BCUT2D eigenvalue weighted by Gasteiger charge is -2.17. The molecule has 0 bridgehead atoms. The Kier molecular flexibility index (Phi) is 4.20. The van der Waals surface area contributed by atoms with Crippen molar-refractivity contribution in [1.29, 1.82) is 0 Å². The minimum Gasteiger partial charge on any atom is -0.495 e. The predicted octanol–water partition coefficient (Wildman–Crippen LogP) is 2.96. The third kappa shape index (κ3) is 3.06. The Labute approximate surface area is 117 Å². The molecule has 2 rings (SSSR count). The van der Waals surface area contributed by atoms with Crippen LogP contribution in [0.2, 0.25) is 0 Å². The molecule has 5 heteroatoms. The molecular formula is C15H16N2O3. The maximum absolute atomic E-state index is 11.0. The number of nitrogens with one attached hydrogen (secondary N) is 1. The van der Waals surface area contributed by atoms with Crippen LogP contribution in [0, 0.1) is 0 Å². The van der Waals surface area contributed by atoms with Crippen LogP contribution in [0.1, 0.15) is 29.0 Å². The molecule has 1 atom stereocenters. The summed E-state index contributed by atoms with van der Waals surface area (Å²) in [6.07, 6.45) is 1.72. The molecule has 0 aliphatic carbocycles. The van der Waals surface area contributed by atoms with E-state index in [4.69, 9.17) is 9.84 Å². The number of hydrogen-bond acceptors (Lipinski definition) is 4. The first kappa shape index (κ1) is 13.9. The molecule has 1 unspecified atom stereocenters. The zero-order valence-corrected chi connectivity index (χ0v) is 11.3. The molecule has 0 spiro atoms. The Balaban J connectivity index is 2.27. The standard InChI is InChI=1S/C15H16N2O3/c1-10(12-5-3-4-8-16-12)17-13-9-11(15(18)19)6-7-14(13)20-2/h3-10,17H,1-2H3,(H,18,19). The monoisotopic (exact) mass is 272 g/mol. The van der Waals surface area contributed by atoms with Gasteiger partial charge in [0.25, 0.3) is 0 Å². The number of pyridine rings is 1. The van der Waals surface area contributed by atoms with E-state index in [1.165, 1.54) is 6.07 Å². The lowest BCUT2D eigenvalue weighted by molar-refractivity contribution is 0.0697. The van der Waals surface area contributed by atoms with Gasteiger partial charge < -0.3 is 15.2 Å². The van der Waals surface area contributed by atoms with Gasteiger partial charge in [-0.2, -0.15) is 0 Å². The number of benzene rings is 1. The van der Waals surface area contributed by atoms with E-state index >= 15 is 0 Å². The van der Waals surface area contributed by atoms with Crippen molar-refractivity contribution in [2.45, 2.75) is 13.0 Å². The molecule has 104 valence electrons. The van der Waals surface area contributed by atoms with E-state index in [0.717, 1.165) is 5.69 Å². The molecule has 0 aliphatic heterocycles. The Hall–Kier alpha value is -2.56. The van der Waals surface area contributed by atoms with E-state index in [2.05, 4.69) is 10.3 Å². The van der Waals surface area contributed by atoms with Crippen molar-refractivity contribution in [2.75, 3.05) is 12.4 Å². The van der Waals surface area contributed by atoms with E-state index in [0.29, 0.717) is 11.4 Å². The van der Waals surface area contributed by atoms with Crippen molar-refractivity contribution in [1.82, 2.24) is 4.98 Å². The SMILES string of the molecule is COc1ccc(C(=O)O)cc1NC(C)c1ccccn1. The van der Waals surface area contributed by atoms with Crippen molar-refractivity contribution in [3.63, 3.8) is 0 Å². The normalized spacial score (nSPS) is 11.7. The second-order valence-electron chi connectivity index (χ2n) is 4.34. The molecule has 0 fully saturated rings. The van der Waals surface area contributed by atoms with Gasteiger partial charge in [-0.1, -0.05) is 6.07 Å². The number of aromatic nitrogens is 1. The number of aromatic carboxylic acids is 1. The molecular weight excluding hydrogens is 256 g/mol. The summed E-state index contributed by atoms with van der Waals surface area (Å²) in [5.74, 6) is -0.376. The summed E-state index contributed by atoms with van der Waals surface area (Å²) in [4.78, 5) is 15.3. The Bertz CT molecular complexity index is 599. The van der Waals surface area contributed by atoms with E-state index < -0.39 is 5.97 Å². The first-order chi connectivity index (χ1) is 9.61. The Morgan fingerprint density at radius 1 is 1.35 bits per heavy atom. The topological polar surface area (TPSA) is 71.5 Å². The highest BCUT2D eigenvalue weighted by atomic mass is 16.5. The molecule has 2 N–H and O–H groups in total. The van der Waals surface area contributed by atoms with Crippen molar-refractivity contribution in [3.8, 4) is 5.75 Å². The van der Waals surface area contributed by atoms with Crippen LogP contribution in [-0.2, 0) is 0 Å². The third-order valence-corrected chi connectivity index (χ3v) is 2.95. The molecule has 0 saturated carbocycles. The predicted molar refractivity (Wildman–Crippen MR) is 76.2 cm³/mol. The molecule has 0 saturated heterocycles. The largest absolute Gasteiger partial charge is 0.495 e. The molecule has 20 heavy (non-hydrogen) atoms. The van der Waals surface area contributed by atoms with Gasteiger partial charge in [0.05, 0.1) is 30.1 Å². The van der Waals surface area contributed by atoms with Crippen LogP contribution in [0.5, 0.6) is 5.75 Å². The molecule has 1 aromatic heterocycles. The maximum Gasteiger partial charge on any atom is 0.335 e. The van der Waals surface area contributed by atoms with Crippen molar-refractivity contribution in [2.24, 2.45) is 0 Å². The summed E-state index contributed by atoms with van der Waals surface area (Å²) in [6.45, 7) is 1.95. The van der Waals surface area contributed by atoms with Crippen LogP contribution in [0.3, 0.4) is 0 Å². The fourth-order valence-electron chi connectivity index (χ4n) is 1.89. The summed E-state index contributed by atoms with van der Waals surface area (Å²) >= 11 is 0. The number of carboxylic acid groups (broad SMARTS) is 1. The summed E-state index contributed by atoms with van der Waals surface area (Å²) in [7, 11) is 1.55. The average Bonchev–Trinajstić information content (AvgIpc) is 2.48. The minimum absolute atomic E-state index is 0.0610. The highest BCUT2D eigenvalue weighted by Gasteiger charge is 2.12. The Morgan fingerprint density at radius 3 is 2.75 bits per heavy atom. The molecule has 5 nitrogen and oxygen atoms in total. The first-order valence-corrected chi connectivity index (χ1v) is 6.20. The maximum atomic E-state index is 11.0. The highest BCUT2D eigenvalue weighted by Crippen LogP contribution is 2.28. The summed E-state index contributed by atoms with van der Waals surface area (Å²) in [6, 6.07) is 10.3. The lowest BCUT2D eigenvalue weighted by atomic mass is 10.1. The molecule has 0 amide bonds. The lowest BCUT2D eigenvalue weighted by Crippen LogP contribution is -2.10.